The number of hydrogen-bond donors (Lipinski definition) is 2. The van der Waals surface area contributed by atoms with E-state index in [9.17, 15) is 0 Å². The summed E-state index contributed by atoms with van der Waals surface area (Å²) >= 11 is 3.36. The highest BCUT2D eigenvalue weighted by atomic mass is 79.9. The molecule has 0 bridgehead atoms. The van der Waals surface area contributed by atoms with Gasteiger partial charge in [-0.05, 0) is 38.1 Å². The molecule has 0 aliphatic carbocycles. The van der Waals surface area contributed by atoms with E-state index in [1.807, 2.05) is 38.1 Å². The third kappa shape index (κ3) is 5.03. The van der Waals surface area contributed by atoms with Gasteiger partial charge in [0.1, 0.15) is 0 Å². The van der Waals surface area contributed by atoms with Crippen LogP contribution in [0, 0.1) is 0 Å². The van der Waals surface area contributed by atoms with E-state index in [1.54, 1.807) is 0 Å². The average molecular weight is 316 g/mol. The molecule has 18 heavy (non-hydrogen) atoms. The monoisotopic (exact) mass is 315 g/mol. The molecule has 0 spiro atoms. The highest BCUT2D eigenvalue weighted by Gasteiger charge is 2.12. The number of rotatable bonds is 7. The van der Waals surface area contributed by atoms with Gasteiger partial charge in [0.2, 0.25) is 6.29 Å². The Balaban J connectivity index is 2.60. The summed E-state index contributed by atoms with van der Waals surface area (Å²) in [6.45, 7) is 4.78. The number of halogens is 1. The van der Waals surface area contributed by atoms with Crippen molar-refractivity contribution >= 4 is 27.5 Å². The SMILES string of the molecule is CCOC(OCC)C(N)=NNc1ccc(Br)cc1. The summed E-state index contributed by atoms with van der Waals surface area (Å²) in [5, 5.41) is 4.04. The molecule has 1 rings (SSSR count). The second-order valence-corrected chi connectivity index (χ2v) is 4.31. The zero-order chi connectivity index (χ0) is 13.4. The summed E-state index contributed by atoms with van der Waals surface area (Å²) in [5.41, 5.74) is 9.49. The van der Waals surface area contributed by atoms with Crippen molar-refractivity contribution < 1.29 is 9.47 Å². The van der Waals surface area contributed by atoms with Crippen molar-refractivity contribution in [1.82, 2.24) is 0 Å². The fraction of sp³-hybridized carbons (Fsp3) is 0.417. The van der Waals surface area contributed by atoms with Crippen molar-refractivity contribution in [3.8, 4) is 0 Å². The van der Waals surface area contributed by atoms with Crippen LogP contribution in [0.3, 0.4) is 0 Å². The highest BCUT2D eigenvalue weighted by molar-refractivity contribution is 9.10. The Morgan fingerprint density at radius 1 is 1.28 bits per heavy atom. The molecule has 0 saturated heterocycles. The Labute approximate surface area is 115 Å². The fourth-order valence-corrected chi connectivity index (χ4v) is 1.49. The van der Waals surface area contributed by atoms with Gasteiger partial charge in [-0.3, -0.25) is 5.43 Å². The first-order valence-electron chi connectivity index (χ1n) is 5.75. The lowest BCUT2D eigenvalue weighted by atomic mass is 10.3. The van der Waals surface area contributed by atoms with Crippen LogP contribution in [0.1, 0.15) is 13.8 Å². The molecule has 100 valence electrons. The van der Waals surface area contributed by atoms with Crippen LogP contribution in [0.25, 0.3) is 0 Å². The minimum absolute atomic E-state index is 0.265. The summed E-state index contributed by atoms with van der Waals surface area (Å²) in [5.74, 6) is 0.265. The highest BCUT2D eigenvalue weighted by Crippen LogP contribution is 2.14. The topological polar surface area (TPSA) is 68.9 Å². The molecule has 6 heteroatoms. The van der Waals surface area contributed by atoms with Crippen LogP contribution in [-0.4, -0.2) is 25.3 Å². The lowest BCUT2D eigenvalue weighted by molar-refractivity contribution is -0.0906. The van der Waals surface area contributed by atoms with Crippen molar-refractivity contribution in [1.29, 1.82) is 0 Å². The lowest BCUT2D eigenvalue weighted by Crippen LogP contribution is -2.34. The summed E-state index contributed by atoms with van der Waals surface area (Å²) in [7, 11) is 0. The van der Waals surface area contributed by atoms with E-state index in [1.165, 1.54) is 0 Å². The van der Waals surface area contributed by atoms with E-state index < -0.39 is 6.29 Å². The molecule has 0 aliphatic heterocycles. The van der Waals surface area contributed by atoms with Crippen molar-refractivity contribution in [2.75, 3.05) is 18.6 Å². The molecule has 0 saturated carbocycles. The summed E-state index contributed by atoms with van der Waals surface area (Å²) in [6.07, 6.45) is -0.608. The van der Waals surface area contributed by atoms with Gasteiger partial charge in [-0.15, -0.1) is 0 Å². The molecule has 0 heterocycles. The van der Waals surface area contributed by atoms with Gasteiger partial charge in [-0.1, -0.05) is 15.9 Å². The van der Waals surface area contributed by atoms with Crippen LogP contribution in [0.5, 0.6) is 0 Å². The zero-order valence-electron chi connectivity index (χ0n) is 10.5. The van der Waals surface area contributed by atoms with E-state index in [0.29, 0.717) is 13.2 Å². The quantitative estimate of drug-likeness (QED) is 0.351. The van der Waals surface area contributed by atoms with E-state index in [-0.39, 0.29) is 5.84 Å². The van der Waals surface area contributed by atoms with Gasteiger partial charge in [0.25, 0.3) is 0 Å². The smallest absolute Gasteiger partial charge is 0.218 e. The first-order chi connectivity index (χ1) is 8.67. The number of ether oxygens (including phenoxy) is 2. The Kier molecular flexibility index (Phi) is 6.70. The number of hydrazone groups is 1. The molecule has 0 atom stereocenters. The molecule has 1 aromatic carbocycles. The van der Waals surface area contributed by atoms with Crippen LogP contribution in [0.4, 0.5) is 5.69 Å². The maximum atomic E-state index is 5.80. The van der Waals surface area contributed by atoms with Crippen molar-refractivity contribution in [2.45, 2.75) is 20.1 Å². The number of nitrogens with one attached hydrogen (secondary N) is 1. The molecule has 1 aromatic rings. The van der Waals surface area contributed by atoms with Crippen molar-refractivity contribution in [2.24, 2.45) is 10.8 Å². The van der Waals surface area contributed by atoms with Gasteiger partial charge >= 0.3 is 0 Å². The number of anilines is 1. The molecule has 0 aromatic heterocycles. The Morgan fingerprint density at radius 3 is 2.33 bits per heavy atom. The molecule has 0 radical (unpaired) electrons. The van der Waals surface area contributed by atoms with Crippen LogP contribution >= 0.6 is 15.9 Å². The van der Waals surface area contributed by atoms with Crippen LogP contribution in [-0.2, 0) is 9.47 Å². The van der Waals surface area contributed by atoms with Gasteiger partial charge in [0.05, 0.1) is 5.69 Å². The normalized spacial score (nSPS) is 11.9. The van der Waals surface area contributed by atoms with E-state index in [4.69, 9.17) is 15.2 Å². The lowest BCUT2D eigenvalue weighted by Gasteiger charge is -2.16. The third-order valence-electron chi connectivity index (χ3n) is 2.04. The molecule has 0 amide bonds. The minimum Gasteiger partial charge on any atom is -0.381 e. The van der Waals surface area contributed by atoms with Gasteiger partial charge in [-0.25, -0.2) is 0 Å². The maximum absolute atomic E-state index is 5.80. The van der Waals surface area contributed by atoms with E-state index in [0.717, 1.165) is 10.2 Å². The van der Waals surface area contributed by atoms with Crippen LogP contribution < -0.4 is 11.2 Å². The Hall–Kier alpha value is -1.11. The Bertz CT molecular complexity index is 375. The van der Waals surface area contributed by atoms with Gasteiger partial charge in [-0.2, -0.15) is 5.10 Å². The van der Waals surface area contributed by atoms with Crippen LogP contribution in [0.2, 0.25) is 0 Å². The number of amidine groups is 1. The van der Waals surface area contributed by atoms with Crippen molar-refractivity contribution in [3.63, 3.8) is 0 Å². The molecular formula is C12H18BrN3O2. The summed E-state index contributed by atoms with van der Waals surface area (Å²) in [4.78, 5) is 0. The van der Waals surface area contributed by atoms with Gasteiger partial charge in [0.15, 0.2) is 5.84 Å². The standard InChI is InChI=1S/C12H18BrN3O2/c1-3-17-12(18-4-2)11(14)16-15-10-7-5-9(13)6-8-10/h5-8,12,15H,3-4H2,1-2H3,(H2,14,16). The maximum Gasteiger partial charge on any atom is 0.218 e. The molecule has 5 nitrogen and oxygen atoms in total. The average Bonchev–Trinajstić information content (AvgIpc) is 2.37. The predicted molar refractivity (Wildman–Crippen MR) is 76.4 cm³/mol. The molecule has 3 N–H and O–H groups in total. The number of hydrogen-bond acceptors (Lipinski definition) is 4. The predicted octanol–water partition coefficient (Wildman–Crippen LogP) is 2.53. The number of nitrogens with zero attached hydrogens (tertiary/aromatic N) is 1. The number of benzene rings is 1. The number of nitrogens with two attached hydrogens (primary N) is 1. The van der Waals surface area contributed by atoms with E-state index in [2.05, 4.69) is 26.5 Å². The molecule has 0 unspecified atom stereocenters. The second kappa shape index (κ2) is 8.07. The zero-order valence-corrected chi connectivity index (χ0v) is 12.1. The third-order valence-corrected chi connectivity index (χ3v) is 2.56. The molecule has 0 aliphatic rings. The van der Waals surface area contributed by atoms with Gasteiger partial charge in [0, 0.05) is 17.7 Å². The Morgan fingerprint density at radius 2 is 1.83 bits per heavy atom. The fourth-order valence-electron chi connectivity index (χ4n) is 1.23. The van der Waals surface area contributed by atoms with E-state index >= 15 is 0 Å². The largest absolute Gasteiger partial charge is 0.381 e. The first kappa shape index (κ1) is 14.9. The van der Waals surface area contributed by atoms with Crippen molar-refractivity contribution in [3.05, 3.63) is 28.7 Å². The summed E-state index contributed by atoms with van der Waals surface area (Å²) < 4.78 is 11.7. The molecule has 0 fully saturated rings. The molecular weight excluding hydrogens is 298 g/mol. The minimum atomic E-state index is -0.608. The van der Waals surface area contributed by atoms with Gasteiger partial charge < -0.3 is 15.2 Å². The van der Waals surface area contributed by atoms with Crippen LogP contribution in [0.15, 0.2) is 33.8 Å². The second-order valence-electron chi connectivity index (χ2n) is 3.40. The summed E-state index contributed by atoms with van der Waals surface area (Å²) in [6, 6.07) is 7.60. The first-order valence-corrected chi connectivity index (χ1v) is 6.54.